The van der Waals surface area contributed by atoms with E-state index in [-0.39, 0.29) is 0 Å². The van der Waals surface area contributed by atoms with Crippen molar-refractivity contribution in [2.75, 3.05) is 6.54 Å². The maximum atomic E-state index is 6.41. The van der Waals surface area contributed by atoms with Crippen molar-refractivity contribution >= 4 is 33.8 Å². The molecule has 0 amide bonds. The molecule has 0 aliphatic carbocycles. The van der Waals surface area contributed by atoms with Gasteiger partial charge in [-0.15, -0.1) is 11.3 Å². The molecule has 4 rings (SSSR count). The molecule has 22 heavy (non-hydrogen) atoms. The van der Waals surface area contributed by atoms with E-state index in [0.717, 1.165) is 34.7 Å². The number of aryl methyl sites for hydroxylation is 1. The van der Waals surface area contributed by atoms with Crippen LogP contribution < -0.4 is 0 Å². The lowest BCUT2D eigenvalue weighted by Gasteiger charge is -2.21. The van der Waals surface area contributed by atoms with Crippen molar-refractivity contribution in [3.8, 4) is 0 Å². The van der Waals surface area contributed by atoms with Crippen LogP contribution in [-0.4, -0.2) is 26.2 Å². The quantitative estimate of drug-likeness (QED) is 0.726. The first-order valence-electron chi connectivity index (χ1n) is 7.47. The molecule has 4 nitrogen and oxygen atoms in total. The highest BCUT2D eigenvalue weighted by molar-refractivity contribution is 7.09. The molecule has 3 heterocycles. The predicted octanol–water partition coefficient (Wildman–Crippen LogP) is 4.02. The zero-order valence-electron chi connectivity index (χ0n) is 12.4. The summed E-state index contributed by atoms with van der Waals surface area (Å²) in [4.78, 5) is 6.98. The van der Waals surface area contributed by atoms with Crippen LogP contribution in [-0.2, 0) is 13.6 Å². The third-order valence-electron chi connectivity index (χ3n) is 4.35. The number of fused-ring (bicyclic) bond motifs is 1. The SMILES string of the molecule is Cn1nc(CN2CCC[C@H]2c2nccs2)c2c(Cl)cccc21. The lowest BCUT2D eigenvalue weighted by atomic mass is 10.2. The molecule has 0 N–H and O–H groups in total. The van der Waals surface area contributed by atoms with Crippen LogP contribution in [0, 0.1) is 0 Å². The summed E-state index contributed by atoms with van der Waals surface area (Å²) in [6, 6.07) is 6.40. The van der Waals surface area contributed by atoms with Crippen LogP contribution in [0.15, 0.2) is 29.8 Å². The van der Waals surface area contributed by atoms with Crippen molar-refractivity contribution in [3.63, 3.8) is 0 Å². The Balaban J connectivity index is 1.69. The Bertz CT molecular complexity index is 796. The second-order valence-electron chi connectivity index (χ2n) is 5.70. The van der Waals surface area contributed by atoms with Crippen LogP contribution in [0.4, 0.5) is 0 Å². The van der Waals surface area contributed by atoms with E-state index >= 15 is 0 Å². The average Bonchev–Trinajstić information content (AvgIpc) is 3.21. The summed E-state index contributed by atoms with van der Waals surface area (Å²) >= 11 is 8.16. The van der Waals surface area contributed by atoms with E-state index in [1.165, 1.54) is 17.8 Å². The molecule has 0 bridgehead atoms. The summed E-state index contributed by atoms with van der Waals surface area (Å²) in [5, 5.41) is 9.83. The van der Waals surface area contributed by atoms with Gasteiger partial charge in [0, 0.05) is 30.6 Å². The largest absolute Gasteiger partial charge is 0.288 e. The molecule has 1 atom stereocenters. The average molecular weight is 333 g/mol. The van der Waals surface area contributed by atoms with E-state index in [0.29, 0.717) is 6.04 Å². The van der Waals surface area contributed by atoms with Crippen molar-refractivity contribution < 1.29 is 0 Å². The molecule has 3 aromatic rings. The molecule has 0 radical (unpaired) electrons. The summed E-state index contributed by atoms with van der Waals surface area (Å²) in [7, 11) is 1.98. The summed E-state index contributed by atoms with van der Waals surface area (Å²) in [5.74, 6) is 0. The topological polar surface area (TPSA) is 34.0 Å². The fraction of sp³-hybridized carbons (Fsp3) is 0.375. The molecular weight excluding hydrogens is 316 g/mol. The number of rotatable bonds is 3. The summed E-state index contributed by atoms with van der Waals surface area (Å²) in [6.45, 7) is 1.91. The Kier molecular flexibility index (Phi) is 3.64. The molecular formula is C16H17ClN4S. The van der Waals surface area contributed by atoms with Crippen molar-refractivity contribution in [2.24, 2.45) is 7.05 Å². The van der Waals surface area contributed by atoms with Gasteiger partial charge in [0.05, 0.1) is 22.3 Å². The highest BCUT2D eigenvalue weighted by Gasteiger charge is 2.29. The lowest BCUT2D eigenvalue weighted by Crippen LogP contribution is -2.23. The number of nitrogens with zero attached hydrogens (tertiary/aromatic N) is 4. The van der Waals surface area contributed by atoms with Crippen molar-refractivity contribution in [3.05, 3.63) is 45.5 Å². The number of halogens is 1. The minimum absolute atomic E-state index is 0.416. The molecule has 2 aromatic heterocycles. The van der Waals surface area contributed by atoms with Crippen LogP contribution >= 0.6 is 22.9 Å². The van der Waals surface area contributed by atoms with Gasteiger partial charge < -0.3 is 0 Å². The fourth-order valence-corrected chi connectivity index (χ4v) is 4.44. The van der Waals surface area contributed by atoms with Gasteiger partial charge in [-0.2, -0.15) is 5.10 Å². The van der Waals surface area contributed by atoms with Crippen LogP contribution in [0.2, 0.25) is 5.02 Å². The molecule has 114 valence electrons. The van der Waals surface area contributed by atoms with Crippen LogP contribution in [0.3, 0.4) is 0 Å². The van der Waals surface area contributed by atoms with Crippen molar-refractivity contribution in [1.29, 1.82) is 0 Å². The highest BCUT2D eigenvalue weighted by atomic mass is 35.5. The van der Waals surface area contributed by atoms with E-state index in [1.54, 1.807) is 11.3 Å². The third-order valence-corrected chi connectivity index (χ3v) is 5.54. The van der Waals surface area contributed by atoms with Gasteiger partial charge in [-0.3, -0.25) is 9.58 Å². The molecule has 1 saturated heterocycles. The third kappa shape index (κ3) is 2.33. The van der Waals surface area contributed by atoms with E-state index in [4.69, 9.17) is 16.7 Å². The fourth-order valence-electron chi connectivity index (χ4n) is 3.35. The highest BCUT2D eigenvalue weighted by Crippen LogP contribution is 2.35. The Labute approximate surface area is 138 Å². The molecule has 1 aromatic carbocycles. The molecule has 1 aliphatic rings. The zero-order chi connectivity index (χ0) is 15.1. The smallest absolute Gasteiger partial charge is 0.110 e. The lowest BCUT2D eigenvalue weighted by molar-refractivity contribution is 0.245. The zero-order valence-corrected chi connectivity index (χ0v) is 13.9. The Morgan fingerprint density at radius 1 is 1.41 bits per heavy atom. The van der Waals surface area contributed by atoms with Crippen LogP contribution in [0.1, 0.15) is 29.6 Å². The first-order valence-corrected chi connectivity index (χ1v) is 8.73. The monoisotopic (exact) mass is 332 g/mol. The van der Waals surface area contributed by atoms with E-state index in [2.05, 4.69) is 21.3 Å². The van der Waals surface area contributed by atoms with E-state index < -0.39 is 0 Å². The van der Waals surface area contributed by atoms with Gasteiger partial charge in [-0.1, -0.05) is 17.7 Å². The summed E-state index contributed by atoms with van der Waals surface area (Å²) < 4.78 is 1.92. The normalized spacial score (nSPS) is 19.3. The van der Waals surface area contributed by atoms with Gasteiger partial charge in [-0.05, 0) is 31.5 Å². The van der Waals surface area contributed by atoms with Crippen LogP contribution in [0.5, 0.6) is 0 Å². The Hall–Kier alpha value is -1.43. The van der Waals surface area contributed by atoms with E-state index in [9.17, 15) is 0 Å². The molecule has 0 spiro atoms. The summed E-state index contributed by atoms with van der Waals surface area (Å²) in [6.07, 6.45) is 4.28. The van der Waals surface area contributed by atoms with Crippen molar-refractivity contribution in [2.45, 2.75) is 25.4 Å². The second kappa shape index (κ2) is 5.65. The first kappa shape index (κ1) is 14.2. The molecule has 0 unspecified atom stereocenters. The number of benzene rings is 1. The molecule has 6 heteroatoms. The van der Waals surface area contributed by atoms with Gasteiger partial charge in [0.25, 0.3) is 0 Å². The number of hydrogen-bond donors (Lipinski definition) is 0. The molecule has 1 fully saturated rings. The Morgan fingerprint density at radius 3 is 3.14 bits per heavy atom. The maximum Gasteiger partial charge on any atom is 0.110 e. The Morgan fingerprint density at radius 2 is 2.32 bits per heavy atom. The van der Waals surface area contributed by atoms with Crippen molar-refractivity contribution in [1.82, 2.24) is 19.7 Å². The minimum atomic E-state index is 0.416. The second-order valence-corrected chi connectivity index (χ2v) is 7.04. The van der Waals surface area contributed by atoms with Gasteiger partial charge in [-0.25, -0.2) is 4.98 Å². The van der Waals surface area contributed by atoms with Gasteiger partial charge >= 0.3 is 0 Å². The molecule has 1 aliphatic heterocycles. The molecule has 0 saturated carbocycles. The summed E-state index contributed by atoms with van der Waals surface area (Å²) in [5.41, 5.74) is 2.15. The van der Waals surface area contributed by atoms with Gasteiger partial charge in [0.2, 0.25) is 0 Å². The maximum absolute atomic E-state index is 6.41. The van der Waals surface area contributed by atoms with Gasteiger partial charge in [0.15, 0.2) is 0 Å². The minimum Gasteiger partial charge on any atom is -0.288 e. The van der Waals surface area contributed by atoms with Gasteiger partial charge in [0.1, 0.15) is 5.01 Å². The van der Waals surface area contributed by atoms with Crippen LogP contribution in [0.25, 0.3) is 10.9 Å². The first-order chi connectivity index (χ1) is 10.7. The number of aromatic nitrogens is 3. The predicted molar refractivity (Wildman–Crippen MR) is 90.2 cm³/mol. The van der Waals surface area contributed by atoms with E-state index in [1.807, 2.05) is 30.1 Å². The number of hydrogen-bond acceptors (Lipinski definition) is 4. The number of likely N-dealkylation sites (tertiary alicyclic amines) is 1. The number of thiazole rings is 1. The standard InChI is InChI=1S/C16H17ClN4S/c1-20-13-5-2-4-11(17)15(13)12(19-20)10-21-8-3-6-14(21)16-18-7-9-22-16/h2,4-5,7,9,14H,3,6,8,10H2,1H3/t14-/m0/s1.